The molecule has 0 saturated heterocycles. The minimum Gasteiger partial charge on any atom is -0.322 e. The van der Waals surface area contributed by atoms with Gasteiger partial charge in [0.05, 0.1) is 5.56 Å². The van der Waals surface area contributed by atoms with Crippen LogP contribution in [0.25, 0.3) is 0 Å². The van der Waals surface area contributed by atoms with Crippen molar-refractivity contribution in [2.24, 2.45) is 0 Å². The van der Waals surface area contributed by atoms with E-state index in [0.717, 1.165) is 28.1 Å². The molecule has 2 nitrogen and oxygen atoms in total. The zero-order valence-electron chi connectivity index (χ0n) is 8.29. The average molecular weight is 250 g/mol. The molecule has 1 aliphatic heterocycles. The highest BCUT2D eigenvalue weighted by molar-refractivity contribution is 7.10. The van der Waals surface area contributed by atoms with Crippen LogP contribution >= 0.6 is 22.9 Å². The molecule has 16 heavy (non-hydrogen) atoms. The number of anilines is 1. The fraction of sp³-hybridized carbons (Fsp3) is 0.0833. The maximum absolute atomic E-state index is 11.9. The maximum Gasteiger partial charge on any atom is 0.256 e. The Kier molecular flexibility index (Phi) is 2.23. The van der Waals surface area contributed by atoms with Gasteiger partial charge in [-0.05, 0) is 29.1 Å². The number of hydrogen-bond acceptors (Lipinski definition) is 2. The summed E-state index contributed by atoms with van der Waals surface area (Å²) in [6.45, 7) is 0. The third-order valence-electron chi connectivity index (χ3n) is 2.66. The number of rotatable bonds is 0. The molecular formula is C12H8ClNOS. The Morgan fingerprint density at radius 1 is 1.31 bits per heavy atom. The maximum atomic E-state index is 11.9. The number of fused-ring (bicyclic) bond motifs is 2. The standard InChI is InChI=1S/C12H8ClNOS/c13-8-2-1-7-5-11-9(3-4-16-11)12(15)14-10(7)6-8/h1-4,6H,5H2,(H,14,15). The van der Waals surface area contributed by atoms with Crippen LogP contribution in [0.1, 0.15) is 20.8 Å². The second kappa shape index (κ2) is 3.61. The lowest BCUT2D eigenvalue weighted by atomic mass is 10.1. The third-order valence-corrected chi connectivity index (χ3v) is 3.82. The van der Waals surface area contributed by atoms with E-state index < -0.39 is 0 Å². The van der Waals surface area contributed by atoms with Gasteiger partial charge in [-0.1, -0.05) is 17.7 Å². The van der Waals surface area contributed by atoms with Crippen molar-refractivity contribution in [1.82, 2.24) is 0 Å². The van der Waals surface area contributed by atoms with Gasteiger partial charge in [0, 0.05) is 22.0 Å². The molecule has 0 spiro atoms. The van der Waals surface area contributed by atoms with Crippen LogP contribution in [0.3, 0.4) is 0 Å². The topological polar surface area (TPSA) is 29.1 Å². The Morgan fingerprint density at radius 3 is 3.06 bits per heavy atom. The normalized spacial score (nSPS) is 13.7. The molecule has 1 amide bonds. The van der Waals surface area contributed by atoms with Crippen molar-refractivity contribution in [2.45, 2.75) is 6.42 Å². The summed E-state index contributed by atoms with van der Waals surface area (Å²) in [6.07, 6.45) is 0.790. The fourth-order valence-electron chi connectivity index (χ4n) is 1.86. The number of hydrogen-bond donors (Lipinski definition) is 1. The number of amides is 1. The van der Waals surface area contributed by atoms with Crippen molar-refractivity contribution in [3.8, 4) is 0 Å². The number of thiophene rings is 1. The fourth-order valence-corrected chi connectivity index (χ4v) is 2.93. The van der Waals surface area contributed by atoms with Crippen LogP contribution in [0.15, 0.2) is 29.6 Å². The first-order valence-corrected chi connectivity index (χ1v) is 6.16. The van der Waals surface area contributed by atoms with E-state index in [0.29, 0.717) is 5.02 Å². The number of benzene rings is 1. The molecule has 0 bridgehead atoms. The van der Waals surface area contributed by atoms with Crippen molar-refractivity contribution in [3.63, 3.8) is 0 Å². The monoisotopic (exact) mass is 249 g/mol. The van der Waals surface area contributed by atoms with Crippen LogP contribution < -0.4 is 5.32 Å². The lowest BCUT2D eigenvalue weighted by molar-refractivity contribution is 0.102. The summed E-state index contributed by atoms with van der Waals surface area (Å²) in [7, 11) is 0. The van der Waals surface area contributed by atoms with Gasteiger partial charge in [-0.2, -0.15) is 0 Å². The molecule has 0 unspecified atom stereocenters. The molecule has 3 rings (SSSR count). The molecular weight excluding hydrogens is 242 g/mol. The van der Waals surface area contributed by atoms with E-state index in [1.165, 1.54) is 0 Å². The molecule has 1 aromatic heterocycles. The summed E-state index contributed by atoms with van der Waals surface area (Å²) < 4.78 is 0. The summed E-state index contributed by atoms with van der Waals surface area (Å²) in [4.78, 5) is 13.0. The van der Waals surface area contributed by atoms with E-state index in [1.54, 1.807) is 17.4 Å². The molecule has 2 heterocycles. The van der Waals surface area contributed by atoms with E-state index in [-0.39, 0.29) is 5.91 Å². The van der Waals surface area contributed by atoms with Crippen molar-refractivity contribution >= 4 is 34.5 Å². The lowest BCUT2D eigenvalue weighted by Gasteiger charge is -2.06. The highest BCUT2D eigenvalue weighted by Crippen LogP contribution is 2.30. The largest absolute Gasteiger partial charge is 0.322 e. The summed E-state index contributed by atoms with van der Waals surface area (Å²) in [5.41, 5.74) is 2.71. The smallest absolute Gasteiger partial charge is 0.256 e. The van der Waals surface area contributed by atoms with Crippen molar-refractivity contribution in [3.05, 3.63) is 50.7 Å². The molecule has 0 saturated carbocycles. The van der Waals surface area contributed by atoms with Crippen molar-refractivity contribution in [1.29, 1.82) is 0 Å². The van der Waals surface area contributed by atoms with Crippen molar-refractivity contribution in [2.75, 3.05) is 5.32 Å². The summed E-state index contributed by atoms with van der Waals surface area (Å²) >= 11 is 7.53. The molecule has 4 heteroatoms. The van der Waals surface area contributed by atoms with Crippen LogP contribution in [0.2, 0.25) is 5.02 Å². The van der Waals surface area contributed by atoms with E-state index in [9.17, 15) is 4.79 Å². The molecule has 80 valence electrons. The van der Waals surface area contributed by atoms with Gasteiger partial charge in [-0.3, -0.25) is 4.79 Å². The minimum atomic E-state index is -0.0442. The molecule has 0 atom stereocenters. The quantitative estimate of drug-likeness (QED) is 0.760. The predicted octanol–water partition coefficient (Wildman–Crippen LogP) is 3.56. The summed E-state index contributed by atoms with van der Waals surface area (Å²) in [6, 6.07) is 7.48. The Balaban J connectivity index is 2.16. The van der Waals surface area contributed by atoms with Crippen LogP contribution in [0.5, 0.6) is 0 Å². The van der Waals surface area contributed by atoms with Crippen molar-refractivity contribution < 1.29 is 4.79 Å². The lowest BCUT2D eigenvalue weighted by Crippen LogP contribution is -2.10. The van der Waals surface area contributed by atoms with Gasteiger partial charge < -0.3 is 5.32 Å². The van der Waals surface area contributed by atoms with Gasteiger partial charge in [0.1, 0.15) is 0 Å². The second-order valence-electron chi connectivity index (χ2n) is 3.69. The number of carbonyl (C=O) groups is 1. The van der Waals surface area contributed by atoms with Crippen LogP contribution in [-0.4, -0.2) is 5.91 Å². The van der Waals surface area contributed by atoms with E-state index in [4.69, 9.17) is 11.6 Å². The van der Waals surface area contributed by atoms with Gasteiger partial charge >= 0.3 is 0 Å². The Labute approximate surface area is 102 Å². The molecule has 0 aliphatic carbocycles. The molecule has 1 aliphatic rings. The zero-order chi connectivity index (χ0) is 11.1. The van der Waals surface area contributed by atoms with Gasteiger partial charge in [0.15, 0.2) is 0 Å². The molecule has 1 aromatic carbocycles. The van der Waals surface area contributed by atoms with Gasteiger partial charge in [0.2, 0.25) is 0 Å². The van der Waals surface area contributed by atoms with Crippen LogP contribution in [0.4, 0.5) is 5.69 Å². The van der Waals surface area contributed by atoms with E-state index in [2.05, 4.69) is 5.32 Å². The van der Waals surface area contributed by atoms with Crippen LogP contribution in [-0.2, 0) is 6.42 Å². The van der Waals surface area contributed by atoms with Crippen LogP contribution in [0, 0.1) is 0 Å². The molecule has 2 aromatic rings. The highest BCUT2D eigenvalue weighted by Gasteiger charge is 2.19. The Morgan fingerprint density at radius 2 is 2.19 bits per heavy atom. The highest BCUT2D eigenvalue weighted by atomic mass is 35.5. The van der Waals surface area contributed by atoms with Gasteiger partial charge in [0.25, 0.3) is 5.91 Å². The first kappa shape index (κ1) is 9.87. The first-order chi connectivity index (χ1) is 7.74. The molecule has 1 N–H and O–H groups in total. The number of halogens is 1. The SMILES string of the molecule is O=C1Nc2cc(Cl)ccc2Cc2sccc21. The van der Waals surface area contributed by atoms with Gasteiger partial charge in [-0.15, -0.1) is 11.3 Å². The summed E-state index contributed by atoms with van der Waals surface area (Å²) in [5, 5.41) is 5.48. The van der Waals surface area contributed by atoms with E-state index in [1.807, 2.05) is 23.6 Å². The Hall–Kier alpha value is -1.32. The zero-order valence-corrected chi connectivity index (χ0v) is 9.86. The molecule has 0 radical (unpaired) electrons. The predicted molar refractivity (Wildman–Crippen MR) is 66.5 cm³/mol. The average Bonchev–Trinajstić information content (AvgIpc) is 2.65. The minimum absolute atomic E-state index is 0.0442. The van der Waals surface area contributed by atoms with E-state index >= 15 is 0 Å². The number of carbonyl (C=O) groups excluding carboxylic acids is 1. The number of nitrogens with one attached hydrogen (secondary N) is 1. The second-order valence-corrected chi connectivity index (χ2v) is 5.13. The first-order valence-electron chi connectivity index (χ1n) is 4.90. The summed E-state index contributed by atoms with van der Waals surface area (Å²) in [5.74, 6) is -0.0442. The van der Waals surface area contributed by atoms with Gasteiger partial charge in [-0.25, -0.2) is 0 Å². The molecule has 0 fully saturated rings. The third kappa shape index (κ3) is 1.52. The Bertz CT molecular complexity index is 576.